The first kappa shape index (κ1) is 24.4. The van der Waals surface area contributed by atoms with Crippen LogP contribution in [0.5, 0.6) is 0 Å². The van der Waals surface area contributed by atoms with Crippen molar-refractivity contribution in [2.24, 2.45) is 0 Å². The molecule has 2 aromatic rings. The van der Waals surface area contributed by atoms with Gasteiger partial charge in [-0.15, -0.1) is 21.2 Å². The van der Waals surface area contributed by atoms with Crippen LogP contribution in [-0.2, 0) is 22.1 Å². The maximum Gasteiger partial charge on any atom is 0.694 e. The SMILES string of the molecule is O=[P+](O)OCCCNCc1cc(F)c(SCCCCCc2ccccc2)cc1Br. The van der Waals surface area contributed by atoms with Gasteiger partial charge >= 0.3 is 8.25 Å². The molecule has 0 fully saturated rings. The summed E-state index contributed by atoms with van der Waals surface area (Å²) in [7, 11) is -2.54. The van der Waals surface area contributed by atoms with Crippen molar-refractivity contribution in [2.75, 3.05) is 18.9 Å². The average Bonchev–Trinajstić information content (AvgIpc) is 2.70. The van der Waals surface area contributed by atoms with Crippen LogP contribution >= 0.6 is 35.9 Å². The van der Waals surface area contributed by atoms with Crippen molar-refractivity contribution < 1.29 is 18.4 Å². The van der Waals surface area contributed by atoms with Gasteiger partial charge in [0.1, 0.15) is 12.4 Å². The molecule has 0 heterocycles. The molecule has 0 bridgehead atoms. The highest BCUT2D eigenvalue weighted by atomic mass is 79.9. The van der Waals surface area contributed by atoms with Gasteiger partial charge in [0.25, 0.3) is 0 Å². The quantitative estimate of drug-likeness (QED) is 0.182. The third-order valence-corrected chi connectivity index (χ3v) is 6.58. The lowest BCUT2D eigenvalue weighted by Gasteiger charge is -2.10. The second kappa shape index (κ2) is 14.2. The smallest absolute Gasteiger partial charge is 0.313 e. The molecule has 0 aromatic heterocycles. The first-order chi connectivity index (χ1) is 14.1. The van der Waals surface area contributed by atoms with E-state index < -0.39 is 8.25 Å². The molecule has 0 aliphatic rings. The summed E-state index contributed by atoms with van der Waals surface area (Å²) in [5.74, 6) is 0.711. The molecule has 0 spiro atoms. The Labute approximate surface area is 185 Å². The highest BCUT2D eigenvalue weighted by Gasteiger charge is 2.11. The second-order valence-corrected chi connectivity index (χ2v) is 9.35. The van der Waals surface area contributed by atoms with E-state index >= 15 is 0 Å². The number of rotatable bonds is 14. The summed E-state index contributed by atoms with van der Waals surface area (Å²) >= 11 is 5.09. The third-order valence-electron chi connectivity index (χ3n) is 4.33. The predicted molar refractivity (Wildman–Crippen MR) is 121 cm³/mol. The zero-order chi connectivity index (χ0) is 20.9. The number of hydrogen-bond acceptors (Lipinski definition) is 4. The van der Waals surface area contributed by atoms with E-state index in [0.29, 0.717) is 24.4 Å². The monoisotopic (exact) mass is 502 g/mol. The summed E-state index contributed by atoms with van der Waals surface area (Å²) in [5.41, 5.74) is 2.22. The molecule has 1 unspecified atom stereocenters. The zero-order valence-electron chi connectivity index (χ0n) is 16.3. The second-order valence-electron chi connectivity index (χ2n) is 6.62. The van der Waals surface area contributed by atoms with Crippen LogP contribution in [0.25, 0.3) is 0 Å². The summed E-state index contributed by atoms with van der Waals surface area (Å²) in [6.07, 6.45) is 5.07. The molecule has 1 atom stereocenters. The largest absolute Gasteiger partial charge is 0.694 e. The number of nitrogens with one attached hydrogen (secondary N) is 1. The number of benzene rings is 2. The molecule has 0 saturated heterocycles. The first-order valence-corrected chi connectivity index (χ1v) is 12.6. The van der Waals surface area contributed by atoms with Gasteiger partial charge in [-0.05, 0) is 61.2 Å². The van der Waals surface area contributed by atoms with Crippen molar-refractivity contribution in [3.8, 4) is 0 Å². The molecule has 29 heavy (non-hydrogen) atoms. The molecule has 0 amide bonds. The van der Waals surface area contributed by atoms with Crippen LogP contribution in [0.2, 0.25) is 0 Å². The number of aryl methyl sites for hydroxylation is 1. The summed E-state index contributed by atoms with van der Waals surface area (Å²) in [6.45, 7) is 1.36. The Morgan fingerprint density at radius 2 is 1.93 bits per heavy atom. The van der Waals surface area contributed by atoms with E-state index in [1.807, 2.05) is 12.1 Å². The van der Waals surface area contributed by atoms with Gasteiger partial charge in [-0.25, -0.2) is 4.39 Å². The van der Waals surface area contributed by atoms with E-state index in [2.05, 4.69) is 50.0 Å². The first-order valence-electron chi connectivity index (χ1n) is 9.70. The van der Waals surface area contributed by atoms with Crippen LogP contribution in [0.1, 0.15) is 36.8 Å². The Morgan fingerprint density at radius 1 is 1.14 bits per heavy atom. The molecule has 2 aromatic carbocycles. The van der Waals surface area contributed by atoms with E-state index in [9.17, 15) is 8.96 Å². The van der Waals surface area contributed by atoms with Gasteiger partial charge in [0.05, 0.1) is 0 Å². The number of hydrogen-bond donors (Lipinski definition) is 2. The third kappa shape index (κ3) is 10.2. The summed E-state index contributed by atoms with van der Waals surface area (Å²) in [4.78, 5) is 9.22. The average molecular weight is 503 g/mol. The summed E-state index contributed by atoms with van der Waals surface area (Å²) in [5, 5.41) is 3.18. The lowest BCUT2D eigenvalue weighted by atomic mass is 10.1. The van der Waals surface area contributed by atoms with Crippen molar-refractivity contribution in [1.29, 1.82) is 0 Å². The maximum atomic E-state index is 14.4. The Morgan fingerprint density at radius 3 is 2.69 bits per heavy atom. The van der Waals surface area contributed by atoms with Gasteiger partial charge < -0.3 is 5.32 Å². The lowest BCUT2D eigenvalue weighted by molar-refractivity contribution is 0.276. The van der Waals surface area contributed by atoms with Crippen LogP contribution in [0.3, 0.4) is 0 Å². The van der Waals surface area contributed by atoms with E-state index in [1.165, 1.54) is 5.56 Å². The van der Waals surface area contributed by atoms with Gasteiger partial charge in [0.2, 0.25) is 0 Å². The molecule has 4 nitrogen and oxygen atoms in total. The molecule has 0 aliphatic carbocycles. The van der Waals surface area contributed by atoms with Crippen LogP contribution < -0.4 is 5.32 Å². The van der Waals surface area contributed by atoms with Gasteiger partial charge in [-0.3, -0.25) is 0 Å². The number of halogens is 2. The Kier molecular flexibility index (Phi) is 12.0. The Hall–Kier alpha value is -0.820. The standard InChI is InChI=1S/C21H26BrFNO3PS/c22-19-15-21(29-13-6-2-5-10-17-8-3-1-4-9-17)20(23)14-18(19)16-24-11-7-12-27-28(25)26/h1,3-4,8-9,14-15,24H,2,5-7,10-13,16H2/p+1. The fraction of sp³-hybridized carbons (Fsp3) is 0.429. The Balaban J connectivity index is 1.65. The molecule has 158 valence electrons. The highest BCUT2D eigenvalue weighted by Crippen LogP contribution is 2.29. The topological polar surface area (TPSA) is 58.6 Å². The van der Waals surface area contributed by atoms with Crippen molar-refractivity contribution in [3.05, 3.63) is 63.9 Å². The zero-order valence-corrected chi connectivity index (χ0v) is 19.6. The fourth-order valence-corrected chi connectivity index (χ4v) is 4.70. The fourth-order valence-electron chi connectivity index (χ4n) is 2.81. The van der Waals surface area contributed by atoms with Gasteiger partial charge in [-0.2, -0.15) is 0 Å². The van der Waals surface area contributed by atoms with Crippen molar-refractivity contribution in [2.45, 2.75) is 43.5 Å². The highest BCUT2D eigenvalue weighted by molar-refractivity contribution is 9.10. The Bertz CT molecular complexity index is 767. The van der Waals surface area contributed by atoms with Crippen LogP contribution in [0.15, 0.2) is 51.8 Å². The molecule has 2 rings (SSSR count). The molecular formula is C21H27BrFNO3PS+. The van der Waals surface area contributed by atoms with E-state index in [1.54, 1.807) is 17.8 Å². The van der Waals surface area contributed by atoms with Crippen LogP contribution in [0.4, 0.5) is 4.39 Å². The normalized spacial score (nSPS) is 11.6. The molecule has 0 aliphatic heterocycles. The van der Waals surface area contributed by atoms with Gasteiger partial charge in [0.15, 0.2) is 0 Å². The number of thioether (sulfide) groups is 1. The molecular weight excluding hydrogens is 476 g/mol. The molecule has 2 N–H and O–H groups in total. The van der Waals surface area contributed by atoms with Crippen LogP contribution in [-0.4, -0.2) is 23.8 Å². The number of unbranched alkanes of at least 4 members (excludes halogenated alkanes) is 2. The maximum absolute atomic E-state index is 14.4. The van der Waals surface area contributed by atoms with Crippen molar-refractivity contribution in [1.82, 2.24) is 5.32 Å². The minimum Gasteiger partial charge on any atom is -0.313 e. The van der Waals surface area contributed by atoms with E-state index in [4.69, 9.17) is 4.89 Å². The van der Waals surface area contributed by atoms with E-state index in [-0.39, 0.29) is 12.4 Å². The molecule has 0 saturated carbocycles. The van der Waals surface area contributed by atoms with E-state index in [0.717, 1.165) is 41.5 Å². The van der Waals surface area contributed by atoms with Crippen molar-refractivity contribution in [3.63, 3.8) is 0 Å². The predicted octanol–water partition coefficient (Wildman–Crippen LogP) is 6.24. The van der Waals surface area contributed by atoms with Crippen LogP contribution in [0, 0.1) is 5.82 Å². The minimum absolute atomic E-state index is 0.195. The summed E-state index contributed by atoms with van der Waals surface area (Å²) in [6, 6.07) is 13.9. The molecule has 8 heteroatoms. The van der Waals surface area contributed by atoms with Gasteiger partial charge in [-0.1, -0.05) is 52.7 Å². The summed E-state index contributed by atoms with van der Waals surface area (Å²) < 4.78 is 30.3. The van der Waals surface area contributed by atoms with Crippen molar-refractivity contribution >= 4 is 35.9 Å². The molecule has 0 radical (unpaired) electrons. The van der Waals surface area contributed by atoms with Gasteiger partial charge in [0, 0.05) is 20.5 Å². The minimum atomic E-state index is -2.54. The lowest BCUT2D eigenvalue weighted by Crippen LogP contribution is -2.16.